The molecule has 122 valence electrons. The number of hydrogen-bond acceptors (Lipinski definition) is 5. The first-order chi connectivity index (χ1) is 11.0. The van der Waals surface area contributed by atoms with Crippen molar-refractivity contribution in [1.82, 2.24) is 9.78 Å². The first-order valence-corrected chi connectivity index (χ1v) is 7.24. The van der Waals surface area contributed by atoms with Gasteiger partial charge in [0.05, 0.1) is 12.5 Å². The Morgan fingerprint density at radius 3 is 2.78 bits per heavy atom. The molecule has 0 saturated heterocycles. The number of furan rings is 1. The molecule has 0 fully saturated rings. The van der Waals surface area contributed by atoms with Gasteiger partial charge >= 0.3 is 5.97 Å². The Hall–Kier alpha value is -2.83. The molecule has 23 heavy (non-hydrogen) atoms. The zero-order valence-corrected chi connectivity index (χ0v) is 13.2. The lowest BCUT2D eigenvalue weighted by Gasteiger charge is -2.15. The van der Waals surface area contributed by atoms with Gasteiger partial charge in [0.1, 0.15) is 11.6 Å². The van der Waals surface area contributed by atoms with Crippen molar-refractivity contribution >= 4 is 23.8 Å². The zero-order chi connectivity index (χ0) is 16.8. The van der Waals surface area contributed by atoms with E-state index < -0.39 is 18.0 Å². The van der Waals surface area contributed by atoms with Crippen LogP contribution in [0.4, 0.5) is 5.82 Å². The predicted octanol–water partition coefficient (Wildman–Crippen LogP) is 2.64. The van der Waals surface area contributed by atoms with E-state index in [1.165, 1.54) is 25.3 Å². The maximum Gasteiger partial charge on any atom is 0.331 e. The van der Waals surface area contributed by atoms with Gasteiger partial charge in [-0.25, -0.2) is 9.48 Å². The van der Waals surface area contributed by atoms with Gasteiger partial charge < -0.3 is 14.5 Å². The van der Waals surface area contributed by atoms with Crippen LogP contribution in [0.15, 0.2) is 41.2 Å². The summed E-state index contributed by atoms with van der Waals surface area (Å²) in [5.74, 6) is 0.0347. The molecule has 0 aliphatic carbocycles. The smallest absolute Gasteiger partial charge is 0.331 e. The summed E-state index contributed by atoms with van der Waals surface area (Å²) in [5, 5.41) is 6.81. The molecule has 0 unspecified atom stereocenters. The van der Waals surface area contributed by atoms with Gasteiger partial charge in [0.2, 0.25) is 0 Å². The predicted molar refractivity (Wildman–Crippen MR) is 84.5 cm³/mol. The summed E-state index contributed by atoms with van der Waals surface area (Å²) in [6.45, 7) is 5.40. The summed E-state index contributed by atoms with van der Waals surface area (Å²) in [6, 6.07) is 5.20. The molecule has 0 aliphatic heterocycles. The summed E-state index contributed by atoms with van der Waals surface area (Å²) in [4.78, 5) is 23.8. The Kier molecular flexibility index (Phi) is 5.35. The number of nitrogens with zero attached hydrogens (tertiary/aromatic N) is 2. The molecule has 0 saturated carbocycles. The number of ether oxygens (including phenoxy) is 1. The van der Waals surface area contributed by atoms with E-state index in [4.69, 9.17) is 9.15 Å². The van der Waals surface area contributed by atoms with E-state index in [1.54, 1.807) is 29.1 Å². The Labute approximate surface area is 133 Å². The maximum atomic E-state index is 12.1. The lowest BCUT2D eigenvalue weighted by atomic mass is 10.3. The van der Waals surface area contributed by atoms with E-state index in [0.29, 0.717) is 11.6 Å². The maximum absolute atomic E-state index is 12.1. The SMILES string of the molecule is CC(C)n1nccc1NC(=O)[C@H](C)OC(=O)/C=C/c1ccco1. The van der Waals surface area contributed by atoms with Crippen LogP contribution in [0.3, 0.4) is 0 Å². The number of hydrogen-bond donors (Lipinski definition) is 1. The van der Waals surface area contributed by atoms with E-state index in [-0.39, 0.29) is 6.04 Å². The quantitative estimate of drug-likeness (QED) is 0.654. The molecular weight excluding hydrogens is 298 g/mol. The van der Waals surface area contributed by atoms with Crippen LogP contribution < -0.4 is 5.32 Å². The summed E-state index contributed by atoms with van der Waals surface area (Å²) in [6.07, 6.45) is 4.85. The van der Waals surface area contributed by atoms with E-state index in [0.717, 1.165) is 0 Å². The Balaban J connectivity index is 1.89. The average Bonchev–Trinajstić information content (AvgIpc) is 3.16. The minimum Gasteiger partial charge on any atom is -0.465 e. The van der Waals surface area contributed by atoms with Crippen molar-refractivity contribution in [2.24, 2.45) is 0 Å². The molecule has 2 heterocycles. The van der Waals surface area contributed by atoms with Crippen molar-refractivity contribution < 1.29 is 18.7 Å². The van der Waals surface area contributed by atoms with Gasteiger partial charge in [0.15, 0.2) is 6.10 Å². The fourth-order valence-electron chi connectivity index (χ4n) is 1.86. The second kappa shape index (κ2) is 7.44. The highest BCUT2D eigenvalue weighted by Gasteiger charge is 2.18. The molecule has 1 N–H and O–H groups in total. The summed E-state index contributed by atoms with van der Waals surface area (Å²) in [5.41, 5.74) is 0. The number of rotatable bonds is 6. The number of anilines is 1. The average molecular weight is 317 g/mol. The largest absolute Gasteiger partial charge is 0.465 e. The van der Waals surface area contributed by atoms with Gasteiger partial charge in [-0.05, 0) is 39.0 Å². The highest BCUT2D eigenvalue weighted by atomic mass is 16.5. The standard InChI is InChI=1S/C16H19N3O4/c1-11(2)19-14(8-9-17-19)18-16(21)12(3)23-15(20)7-6-13-5-4-10-22-13/h4-12H,1-3H3,(H,18,21)/b7-6+/t12-/m0/s1. The monoisotopic (exact) mass is 317 g/mol. The Morgan fingerprint density at radius 2 is 2.13 bits per heavy atom. The molecule has 2 aromatic heterocycles. The van der Waals surface area contributed by atoms with Gasteiger partial charge in [-0.3, -0.25) is 4.79 Å². The molecule has 0 bridgehead atoms. The lowest BCUT2D eigenvalue weighted by molar-refractivity contribution is -0.148. The summed E-state index contributed by atoms with van der Waals surface area (Å²) >= 11 is 0. The summed E-state index contributed by atoms with van der Waals surface area (Å²) in [7, 11) is 0. The van der Waals surface area contributed by atoms with E-state index in [2.05, 4.69) is 10.4 Å². The molecule has 2 rings (SSSR count). The minimum atomic E-state index is -0.931. The molecule has 0 aliphatic rings. The van der Waals surface area contributed by atoms with Gasteiger partial charge in [-0.15, -0.1) is 0 Å². The van der Waals surface area contributed by atoms with Gasteiger partial charge in [0.25, 0.3) is 5.91 Å². The van der Waals surface area contributed by atoms with Crippen molar-refractivity contribution in [1.29, 1.82) is 0 Å². The fourth-order valence-corrected chi connectivity index (χ4v) is 1.86. The molecule has 1 amide bonds. The number of carbonyl (C=O) groups is 2. The van der Waals surface area contributed by atoms with E-state index >= 15 is 0 Å². The normalized spacial score (nSPS) is 12.5. The summed E-state index contributed by atoms with van der Waals surface area (Å²) < 4.78 is 11.8. The van der Waals surface area contributed by atoms with Crippen LogP contribution >= 0.6 is 0 Å². The fraction of sp³-hybridized carbons (Fsp3) is 0.312. The third kappa shape index (κ3) is 4.57. The van der Waals surface area contributed by atoms with Gasteiger partial charge in [-0.1, -0.05) is 0 Å². The van der Waals surface area contributed by atoms with Crippen molar-refractivity contribution in [2.45, 2.75) is 32.9 Å². The number of carbonyl (C=O) groups excluding carboxylic acids is 2. The molecule has 0 radical (unpaired) electrons. The van der Waals surface area contributed by atoms with Crippen LogP contribution in [0.2, 0.25) is 0 Å². The van der Waals surface area contributed by atoms with Crippen LogP contribution in [0.25, 0.3) is 6.08 Å². The highest BCUT2D eigenvalue weighted by molar-refractivity contribution is 5.96. The Morgan fingerprint density at radius 1 is 1.35 bits per heavy atom. The topological polar surface area (TPSA) is 86.4 Å². The molecule has 0 spiro atoms. The second-order valence-electron chi connectivity index (χ2n) is 5.17. The third-order valence-corrected chi connectivity index (χ3v) is 3.00. The van der Waals surface area contributed by atoms with Crippen LogP contribution in [0.1, 0.15) is 32.6 Å². The highest BCUT2D eigenvalue weighted by Crippen LogP contribution is 2.13. The molecule has 7 nitrogen and oxygen atoms in total. The number of esters is 1. The molecule has 7 heteroatoms. The zero-order valence-electron chi connectivity index (χ0n) is 13.2. The van der Waals surface area contributed by atoms with Gasteiger partial charge in [-0.2, -0.15) is 5.10 Å². The first-order valence-electron chi connectivity index (χ1n) is 7.24. The molecule has 1 atom stereocenters. The molecule has 0 aromatic carbocycles. The lowest BCUT2D eigenvalue weighted by Crippen LogP contribution is -2.30. The van der Waals surface area contributed by atoms with Crippen molar-refractivity contribution in [3.8, 4) is 0 Å². The van der Waals surface area contributed by atoms with Crippen LogP contribution in [0, 0.1) is 0 Å². The van der Waals surface area contributed by atoms with Gasteiger partial charge in [0, 0.05) is 18.2 Å². The van der Waals surface area contributed by atoms with Crippen molar-refractivity contribution in [3.05, 3.63) is 42.5 Å². The van der Waals surface area contributed by atoms with Crippen molar-refractivity contribution in [2.75, 3.05) is 5.32 Å². The van der Waals surface area contributed by atoms with Crippen molar-refractivity contribution in [3.63, 3.8) is 0 Å². The van der Waals surface area contributed by atoms with Crippen LogP contribution in [0.5, 0.6) is 0 Å². The number of aromatic nitrogens is 2. The third-order valence-electron chi connectivity index (χ3n) is 3.00. The number of nitrogens with one attached hydrogen (secondary N) is 1. The molecular formula is C16H19N3O4. The van der Waals surface area contributed by atoms with E-state index in [1.807, 2.05) is 13.8 Å². The number of amides is 1. The molecule has 2 aromatic rings. The first kappa shape index (κ1) is 16.5. The Bertz CT molecular complexity index is 686. The second-order valence-corrected chi connectivity index (χ2v) is 5.17. The minimum absolute atomic E-state index is 0.106. The van der Waals surface area contributed by atoms with Crippen LogP contribution in [-0.2, 0) is 14.3 Å². The van der Waals surface area contributed by atoms with E-state index in [9.17, 15) is 9.59 Å². The van der Waals surface area contributed by atoms with Crippen LogP contribution in [-0.4, -0.2) is 27.8 Å².